The second-order valence-electron chi connectivity index (χ2n) is 3.53. The van der Waals surface area contributed by atoms with Crippen LogP contribution in [0.15, 0.2) is 14.3 Å². The van der Waals surface area contributed by atoms with Crippen LogP contribution in [-0.4, -0.2) is 29.9 Å². The van der Waals surface area contributed by atoms with Crippen molar-refractivity contribution in [2.75, 3.05) is 13.1 Å². The minimum absolute atomic E-state index is 0.0827. The van der Waals surface area contributed by atoms with Gasteiger partial charge >= 0.3 is 0 Å². The molecule has 0 spiro atoms. The number of thiophene rings is 1. The van der Waals surface area contributed by atoms with Crippen LogP contribution in [0.1, 0.15) is 16.1 Å². The number of nitrogens with two attached hydrogens (primary N) is 1. The molecule has 2 heterocycles. The molecule has 2 N–H and O–H groups in total. The Morgan fingerprint density at radius 1 is 1.60 bits per heavy atom. The highest BCUT2D eigenvalue weighted by atomic mass is 79.9. The lowest BCUT2D eigenvalue weighted by Crippen LogP contribution is -2.31. The number of hydrogen-bond acceptors (Lipinski definition) is 3. The molecule has 0 aromatic carbocycles. The zero-order valence-corrected chi connectivity index (χ0v) is 11.9. The number of amides is 1. The maximum atomic E-state index is 12.0. The molecule has 1 amide bonds. The molecule has 0 saturated carbocycles. The molecule has 82 valence electrons. The number of hydrogen-bond donors (Lipinski definition) is 1. The van der Waals surface area contributed by atoms with Crippen LogP contribution < -0.4 is 5.73 Å². The first-order valence-electron chi connectivity index (χ1n) is 4.57. The summed E-state index contributed by atoms with van der Waals surface area (Å²) in [4.78, 5) is 14.6. The van der Waals surface area contributed by atoms with E-state index in [9.17, 15) is 4.79 Å². The first-order chi connectivity index (χ1) is 7.08. The molecule has 1 aliphatic heterocycles. The maximum Gasteiger partial charge on any atom is 0.264 e. The number of carbonyl (C=O) groups excluding carboxylic acids is 1. The Hall–Kier alpha value is 0.0900. The Balaban J connectivity index is 2.14. The van der Waals surface area contributed by atoms with Crippen molar-refractivity contribution in [1.29, 1.82) is 0 Å². The molecule has 15 heavy (non-hydrogen) atoms. The standard InChI is InChI=1S/C9H10Br2N2OS/c10-6-3-7(15-8(6)11)9(14)13-2-1-5(12)4-13/h3,5H,1-2,4,12H2. The summed E-state index contributed by atoms with van der Waals surface area (Å²) in [7, 11) is 0. The monoisotopic (exact) mass is 352 g/mol. The van der Waals surface area contributed by atoms with Gasteiger partial charge in [0.25, 0.3) is 5.91 Å². The zero-order chi connectivity index (χ0) is 11.0. The van der Waals surface area contributed by atoms with Crippen LogP contribution in [-0.2, 0) is 0 Å². The number of nitrogens with zero attached hydrogens (tertiary/aromatic N) is 1. The van der Waals surface area contributed by atoms with Crippen molar-refractivity contribution in [2.45, 2.75) is 12.5 Å². The molecule has 1 fully saturated rings. The van der Waals surface area contributed by atoms with Crippen molar-refractivity contribution < 1.29 is 4.79 Å². The molecule has 1 aromatic rings. The van der Waals surface area contributed by atoms with E-state index in [1.165, 1.54) is 11.3 Å². The SMILES string of the molecule is NC1CCN(C(=O)c2cc(Br)c(Br)s2)C1. The second kappa shape index (κ2) is 4.53. The average molecular weight is 354 g/mol. The third-order valence-electron chi connectivity index (χ3n) is 2.37. The topological polar surface area (TPSA) is 46.3 Å². The molecule has 1 saturated heterocycles. The minimum atomic E-state index is 0.0827. The number of rotatable bonds is 1. The van der Waals surface area contributed by atoms with E-state index in [1.807, 2.05) is 11.0 Å². The molecule has 0 aliphatic carbocycles. The fourth-order valence-corrected chi connectivity index (χ4v) is 3.58. The van der Waals surface area contributed by atoms with Crippen LogP contribution in [0.3, 0.4) is 0 Å². The van der Waals surface area contributed by atoms with Gasteiger partial charge in [-0.1, -0.05) is 0 Å². The highest BCUT2D eigenvalue weighted by Crippen LogP contribution is 2.33. The third kappa shape index (κ3) is 2.43. The highest BCUT2D eigenvalue weighted by molar-refractivity contribution is 9.13. The molecule has 2 rings (SSSR count). The van der Waals surface area contributed by atoms with E-state index in [2.05, 4.69) is 31.9 Å². The second-order valence-corrected chi connectivity index (χ2v) is 6.76. The van der Waals surface area contributed by atoms with E-state index in [-0.39, 0.29) is 11.9 Å². The van der Waals surface area contributed by atoms with E-state index < -0.39 is 0 Å². The highest BCUT2D eigenvalue weighted by Gasteiger charge is 2.25. The van der Waals surface area contributed by atoms with Crippen molar-refractivity contribution in [3.8, 4) is 0 Å². The van der Waals surface area contributed by atoms with Crippen LogP contribution in [0, 0.1) is 0 Å². The van der Waals surface area contributed by atoms with Crippen molar-refractivity contribution in [1.82, 2.24) is 4.90 Å². The third-order valence-corrected chi connectivity index (χ3v) is 5.61. The van der Waals surface area contributed by atoms with Crippen LogP contribution in [0.5, 0.6) is 0 Å². The normalized spacial score (nSPS) is 21.0. The predicted molar refractivity (Wildman–Crippen MR) is 68.2 cm³/mol. The molecule has 1 aromatic heterocycles. The number of likely N-dealkylation sites (tertiary alicyclic amines) is 1. The number of halogens is 2. The van der Waals surface area contributed by atoms with Gasteiger partial charge in [-0.25, -0.2) is 0 Å². The first kappa shape index (κ1) is 11.6. The molecular formula is C9H10Br2N2OS. The van der Waals surface area contributed by atoms with Crippen LogP contribution in [0.25, 0.3) is 0 Å². The largest absolute Gasteiger partial charge is 0.336 e. The Morgan fingerprint density at radius 3 is 2.80 bits per heavy atom. The summed E-state index contributed by atoms with van der Waals surface area (Å²) in [6.07, 6.45) is 0.902. The lowest BCUT2D eigenvalue weighted by Gasteiger charge is -2.13. The van der Waals surface area contributed by atoms with E-state index in [0.717, 1.165) is 26.1 Å². The summed E-state index contributed by atoms with van der Waals surface area (Å²) in [5.74, 6) is 0.0827. The summed E-state index contributed by atoms with van der Waals surface area (Å²) in [5.41, 5.74) is 5.77. The van der Waals surface area contributed by atoms with E-state index in [0.29, 0.717) is 6.54 Å². The molecule has 0 bridgehead atoms. The van der Waals surface area contributed by atoms with Crippen molar-refractivity contribution in [2.24, 2.45) is 5.73 Å². The van der Waals surface area contributed by atoms with Gasteiger partial charge in [0.2, 0.25) is 0 Å². The van der Waals surface area contributed by atoms with Gasteiger partial charge in [0.1, 0.15) is 0 Å². The van der Waals surface area contributed by atoms with Gasteiger partial charge < -0.3 is 10.6 Å². The lowest BCUT2D eigenvalue weighted by atomic mass is 10.3. The molecule has 1 atom stereocenters. The van der Waals surface area contributed by atoms with Gasteiger partial charge in [-0.2, -0.15) is 0 Å². The molecule has 3 nitrogen and oxygen atoms in total. The van der Waals surface area contributed by atoms with Gasteiger partial charge in [0.05, 0.1) is 8.66 Å². The first-order valence-corrected chi connectivity index (χ1v) is 6.98. The smallest absolute Gasteiger partial charge is 0.264 e. The average Bonchev–Trinajstić information content (AvgIpc) is 2.74. The van der Waals surface area contributed by atoms with Gasteiger partial charge in [0, 0.05) is 23.6 Å². The van der Waals surface area contributed by atoms with Crippen LogP contribution >= 0.6 is 43.2 Å². The molecule has 1 aliphatic rings. The van der Waals surface area contributed by atoms with E-state index in [4.69, 9.17) is 5.73 Å². The predicted octanol–water partition coefficient (Wildman–Crippen LogP) is 2.45. The molecular weight excluding hydrogens is 344 g/mol. The Bertz CT molecular complexity index is 374. The Kier molecular flexibility index (Phi) is 3.49. The summed E-state index contributed by atoms with van der Waals surface area (Å²) in [6, 6.07) is 1.99. The summed E-state index contributed by atoms with van der Waals surface area (Å²) >= 11 is 8.20. The lowest BCUT2D eigenvalue weighted by molar-refractivity contribution is 0.0795. The summed E-state index contributed by atoms with van der Waals surface area (Å²) in [6.45, 7) is 1.44. The zero-order valence-electron chi connectivity index (χ0n) is 7.87. The maximum absolute atomic E-state index is 12.0. The van der Waals surface area contributed by atoms with Crippen LogP contribution in [0.4, 0.5) is 0 Å². The molecule has 6 heteroatoms. The Labute approximate surface area is 109 Å². The van der Waals surface area contributed by atoms with Crippen LogP contribution in [0.2, 0.25) is 0 Å². The summed E-state index contributed by atoms with van der Waals surface area (Å²) < 4.78 is 1.88. The quantitative estimate of drug-likeness (QED) is 0.842. The number of carbonyl (C=O) groups is 1. The van der Waals surface area contributed by atoms with Gasteiger partial charge in [-0.05, 0) is 44.3 Å². The molecule has 0 radical (unpaired) electrons. The van der Waals surface area contributed by atoms with Crippen molar-refractivity contribution in [3.05, 3.63) is 19.2 Å². The van der Waals surface area contributed by atoms with Gasteiger partial charge in [0.15, 0.2) is 0 Å². The minimum Gasteiger partial charge on any atom is -0.336 e. The van der Waals surface area contributed by atoms with Gasteiger partial charge in [-0.3, -0.25) is 4.79 Å². The van der Waals surface area contributed by atoms with Gasteiger partial charge in [-0.15, -0.1) is 11.3 Å². The Morgan fingerprint density at radius 2 is 2.33 bits per heavy atom. The van der Waals surface area contributed by atoms with E-state index >= 15 is 0 Å². The fourth-order valence-electron chi connectivity index (χ4n) is 1.58. The molecule has 1 unspecified atom stereocenters. The fraction of sp³-hybridized carbons (Fsp3) is 0.444. The summed E-state index contributed by atoms with van der Waals surface area (Å²) in [5, 5.41) is 0. The van der Waals surface area contributed by atoms with Crippen molar-refractivity contribution >= 4 is 49.1 Å². The van der Waals surface area contributed by atoms with Crippen molar-refractivity contribution in [3.63, 3.8) is 0 Å². The van der Waals surface area contributed by atoms with E-state index in [1.54, 1.807) is 0 Å².